The van der Waals surface area contributed by atoms with Gasteiger partial charge in [0.1, 0.15) is 11.6 Å². The van der Waals surface area contributed by atoms with Crippen LogP contribution in [0.2, 0.25) is 0 Å². The van der Waals surface area contributed by atoms with Crippen LogP contribution in [0.3, 0.4) is 0 Å². The highest BCUT2D eigenvalue weighted by atomic mass is 16.6. The Morgan fingerprint density at radius 2 is 1.69 bits per heavy atom. The highest BCUT2D eigenvalue weighted by Crippen LogP contribution is 2.21. The molecule has 0 saturated carbocycles. The number of pyridine rings is 1. The fraction of sp³-hybridized carbons (Fsp3) is 0.294. The largest absolute Gasteiger partial charge is 0.415 e. The first-order valence-electron chi connectivity index (χ1n) is 8.13. The first-order chi connectivity index (χ1) is 12.4. The van der Waals surface area contributed by atoms with Gasteiger partial charge in [-0.25, -0.2) is 9.78 Å². The van der Waals surface area contributed by atoms with Gasteiger partial charge in [-0.2, -0.15) is 0 Å². The molecule has 140 valence electrons. The van der Waals surface area contributed by atoms with Crippen LogP contribution in [0, 0.1) is 0 Å². The van der Waals surface area contributed by atoms with Gasteiger partial charge >= 0.3 is 6.09 Å². The van der Waals surface area contributed by atoms with Crippen molar-refractivity contribution in [1.29, 1.82) is 0 Å². The monoisotopic (exact) mass is 360 g/mol. The van der Waals surface area contributed by atoms with E-state index in [1.165, 1.54) is 0 Å². The zero-order chi connectivity index (χ0) is 19.1. The van der Waals surface area contributed by atoms with Gasteiger partial charge in [-0.1, -0.05) is 12.1 Å². The van der Waals surface area contributed by atoms with Crippen LogP contribution in [-0.4, -0.2) is 40.3 Å². The van der Waals surface area contributed by atoms with Gasteiger partial charge < -0.3 is 37.7 Å². The van der Waals surface area contributed by atoms with E-state index in [-0.39, 0.29) is 11.9 Å². The van der Waals surface area contributed by atoms with Crippen molar-refractivity contribution < 1.29 is 14.6 Å². The van der Waals surface area contributed by atoms with Crippen LogP contribution < -0.4 is 27.7 Å². The van der Waals surface area contributed by atoms with Gasteiger partial charge in [-0.3, -0.25) is 0 Å². The molecule has 0 spiro atoms. The zero-order valence-corrected chi connectivity index (χ0v) is 14.3. The second-order valence-electron chi connectivity index (χ2n) is 5.83. The van der Waals surface area contributed by atoms with Crippen molar-refractivity contribution >= 4 is 29.1 Å². The van der Waals surface area contributed by atoms with Crippen LogP contribution >= 0.6 is 0 Å². The molecule has 9 heteroatoms. The number of piperidine rings is 1. The average Bonchev–Trinajstić information content (AvgIpc) is 2.61. The zero-order valence-electron chi connectivity index (χ0n) is 14.3. The number of aliphatic hydroxyl groups excluding tert-OH is 1. The van der Waals surface area contributed by atoms with Crippen molar-refractivity contribution in [3.05, 3.63) is 36.4 Å². The van der Waals surface area contributed by atoms with Crippen molar-refractivity contribution in [2.75, 3.05) is 36.0 Å². The number of carbonyl (C=O) groups is 1. The molecule has 1 amide bonds. The number of para-hydroxylation sites is 2. The molecule has 0 atom stereocenters. The maximum absolute atomic E-state index is 11.8. The maximum Gasteiger partial charge on any atom is 0.415 e. The van der Waals surface area contributed by atoms with Crippen molar-refractivity contribution in [1.82, 2.24) is 9.88 Å². The van der Waals surface area contributed by atoms with Gasteiger partial charge in [-0.05, 0) is 37.1 Å². The lowest BCUT2D eigenvalue weighted by Gasteiger charge is -2.28. The fourth-order valence-corrected chi connectivity index (χ4v) is 2.28. The van der Waals surface area contributed by atoms with Crippen molar-refractivity contribution in [3.63, 3.8) is 0 Å². The normalized spacial score (nSPS) is 14.3. The molecule has 2 heterocycles. The van der Waals surface area contributed by atoms with E-state index < -0.39 is 6.09 Å². The summed E-state index contributed by atoms with van der Waals surface area (Å²) in [6.45, 7) is 1.04. The number of likely N-dealkylation sites (tertiary alicyclic amines) is 1. The second-order valence-corrected chi connectivity index (χ2v) is 5.83. The van der Waals surface area contributed by atoms with Crippen molar-refractivity contribution in [2.24, 2.45) is 0 Å². The van der Waals surface area contributed by atoms with E-state index in [0.717, 1.165) is 0 Å². The molecule has 0 radical (unpaired) electrons. The molecule has 9 N–H and O–H groups in total. The molecule has 1 fully saturated rings. The summed E-state index contributed by atoms with van der Waals surface area (Å²) in [5.74, 6) is 1.06. The predicted octanol–water partition coefficient (Wildman–Crippen LogP) is 1.05. The SMILES string of the molecule is Nc1ccc(N)c(N)n1.Nc1ccccc1OC(=O)N1CCC(O)CC1. The third kappa shape index (κ3) is 5.42. The van der Waals surface area contributed by atoms with Gasteiger partial charge in [-0.15, -0.1) is 0 Å². The summed E-state index contributed by atoms with van der Waals surface area (Å²) in [4.78, 5) is 17.1. The lowest BCUT2D eigenvalue weighted by atomic mass is 10.1. The molecule has 9 nitrogen and oxygen atoms in total. The van der Waals surface area contributed by atoms with Crippen molar-refractivity contribution in [2.45, 2.75) is 18.9 Å². The first kappa shape index (κ1) is 19.1. The number of amides is 1. The van der Waals surface area contributed by atoms with E-state index in [9.17, 15) is 9.90 Å². The molecule has 1 saturated heterocycles. The highest BCUT2D eigenvalue weighted by molar-refractivity contribution is 5.73. The number of nitrogen functional groups attached to an aromatic ring is 4. The Morgan fingerprint density at radius 1 is 1.04 bits per heavy atom. The van der Waals surface area contributed by atoms with Crippen LogP contribution in [0.4, 0.5) is 27.8 Å². The van der Waals surface area contributed by atoms with Crippen LogP contribution in [0.1, 0.15) is 12.8 Å². The van der Waals surface area contributed by atoms with Gasteiger partial charge in [0.25, 0.3) is 0 Å². The molecule has 2 aromatic rings. The summed E-state index contributed by atoms with van der Waals surface area (Å²) in [6.07, 6.45) is 0.481. The van der Waals surface area contributed by atoms with E-state index in [1.807, 2.05) is 0 Å². The maximum atomic E-state index is 11.8. The Kier molecular flexibility index (Phi) is 6.45. The molecular weight excluding hydrogens is 336 g/mol. The number of carbonyl (C=O) groups excluding carboxylic acids is 1. The van der Waals surface area contributed by atoms with Gasteiger partial charge in [0.2, 0.25) is 0 Å². The lowest BCUT2D eigenvalue weighted by Crippen LogP contribution is -2.41. The number of hydrogen-bond acceptors (Lipinski definition) is 8. The van der Waals surface area contributed by atoms with E-state index in [0.29, 0.717) is 48.9 Å². The molecule has 3 rings (SSSR count). The van der Waals surface area contributed by atoms with E-state index in [2.05, 4.69) is 4.98 Å². The number of hydrogen-bond donors (Lipinski definition) is 5. The molecule has 0 bridgehead atoms. The Labute approximate surface area is 151 Å². The lowest BCUT2D eigenvalue weighted by molar-refractivity contribution is 0.0798. The van der Waals surface area contributed by atoms with Crippen molar-refractivity contribution in [3.8, 4) is 5.75 Å². The number of nitrogens with two attached hydrogens (primary N) is 4. The Balaban J connectivity index is 0.000000228. The van der Waals surface area contributed by atoms with Gasteiger partial charge in [0.15, 0.2) is 5.75 Å². The molecule has 26 heavy (non-hydrogen) atoms. The standard InChI is InChI=1S/C12H16N2O3.C5H8N4/c13-10-3-1-2-4-11(10)17-12(16)14-7-5-9(15)6-8-14;6-3-1-2-4(7)9-5(3)8/h1-4,9,15H,5-8,13H2;1-2H,6H2,(H4,7,8,9). The Morgan fingerprint density at radius 3 is 2.27 bits per heavy atom. The first-order valence-corrected chi connectivity index (χ1v) is 8.13. The number of ether oxygens (including phenoxy) is 1. The van der Waals surface area contributed by atoms with Gasteiger partial charge in [0.05, 0.1) is 17.5 Å². The summed E-state index contributed by atoms with van der Waals surface area (Å²) in [6, 6.07) is 10.1. The summed E-state index contributed by atoms with van der Waals surface area (Å²) < 4.78 is 5.20. The predicted molar refractivity (Wildman–Crippen MR) is 101 cm³/mol. The van der Waals surface area contributed by atoms with Crippen LogP contribution in [-0.2, 0) is 0 Å². The molecule has 1 aromatic heterocycles. The van der Waals surface area contributed by atoms with E-state index >= 15 is 0 Å². The summed E-state index contributed by atoms with van der Waals surface area (Å²) >= 11 is 0. The van der Waals surface area contributed by atoms with Crippen LogP contribution in [0.5, 0.6) is 5.75 Å². The van der Waals surface area contributed by atoms with Gasteiger partial charge in [0, 0.05) is 13.1 Å². The number of nitrogens with zero attached hydrogens (tertiary/aromatic N) is 2. The molecular formula is C17H24N6O3. The van der Waals surface area contributed by atoms with Crippen LogP contribution in [0.15, 0.2) is 36.4 Å². The third-order valence-electron chi connectivity index (χ3n) is 3.82. The van der Waals surface area contributed by atoms with E-state index in [4.69, 9.17) is 27.7 Å². The number of benzene rings is 1. The summed E-state index contributed by atoms with van der Waals surface area (Å²) in [7, 11) is 0. The quantitative estimate of drug-likeness (QED) is 0.470. The summed E-state index contributed by atoms with van der Waals surface area (Å²) in [5.41, 5.74) is 22.5. The highest BCUT2D eigenvalue weighted by Gasteiger charge is 2.23. The summed E-state index contributed by atoms with van der Waals surface area (Å²) in [5, 5.41) is 9.34. The minimum absolute atomic E-state index is 0.287. The Bertz CT molecular complexity index is 747. The molecule has 1 aromatic carbocycles. The number of anilines is 4. The Hall–Kier alpha value is -3.20. The molecule has 1 aliphatic heterocycles. The topological polar surface area (TPSA) is 167 Å². The minimum atomic E-state index is -0.408. The number of aliphatic hydroxyl groups is 1. The smallest absolute Gasteiger partial charge is 0.408 e. The number of rotatable bonds is 1. The average molecular weight is 360 g/mol. The fourth-order valence-electron chi connectivity index (χ4n) is 2.28. The molecule has 1 aliphatic rings. The number of aromatic nitrogens is 1. The molecule has 0 unspecified atom stereocenters. The molecule has 0 aliphatic carbocycles. The van der Waals surface area contributed by atoms with Crippen LogP contribution in [0.25, 0.3) is 0 Å². The third-order valence-corrected chi connectivity index (χ3v) is 3.82. The second kappa shape index (κ2) is 8.77. The van der Waals surface area contributed by atoms with E-state index in [1.54, 1.807) is 41.3 Å². The minimum Gasteiger partial charge on any atom is -0.408 e.